The topological polar surface area (TPSA) is 43.0 Å². The van der Waals surface area contributed by atoms with Crippen LogP contribution in [-0.2, 0) is 13.1 Å². The highest BCUT2D eigenvalue weighted by molar-refractivity contribution is 5.57. The van der Waals surface area contributed by atoms with Crippen molar-refractivity contribution in [1.82, 2.24) is 14.9 Å². The second-order valence-corrected chi connectivity index (χ2v) is 5.10. The Balaban J connectivity index is 0.00000144. The molecule has 0 saturated heterocycles. The molecule has 4 nitrogen and oxygen atoms in total. The van der Waals surface area contributed by atoms with Gasteiger partial charge in [0.05, 0.1) is 12.9 Å². The lowest BCUT2D eigenvalue weighted by molar-refractivity contribution is -0.001000. The van der Waals surface area contributed by atoms with E-state index < -0.39 is 0 Å². The van der Waals surface area contributed by atoms with Crippen LogP contribution >= 0.6 is 0 Å². The first-order valence-electron chi connectivity index (χ1n) is 7.32. The van der Waals surface area contributed by atoms with Crippen molar-refractivity contribution in [2.75, 3.05) is 6.54 Å². The van der Waals surface area contributed by atoms with Crippen molar-refractivity contribution in [1.29, 1.82) is 0 Å². The number of nitrogens with one attached hydrogen (secondary N) is 1. The largest absolute Gasteiger partial charge is 1.00 e. The van der Waals surface area contributed by atoms with Crippen LogP contribution in [0.4, 0.5) is 4.39 Å². The van der Waals surface area contributed by atoms with E-state index in [-0.39, 0.29) is 30.6 Å². The number of furan rings is 1. The molecule has 130 valence electrons. The van der Waals surface area contributed by atoms with E-state index in [1.54, 1.807) is 18.3 Å². The van der Waals surface area contributed by atoms with Crippen LogP contribution in [0.1, 0.15) is 12.2 Å². The van der Waals surface area contributed by atoms with Gasteiger partial charge in [0.2, 0.25) is 0 Å². The smallest absolute Gasteiger partial charge is 0.134 e. The highest BCUT2D eigenvalue weighted by Crippen LogP contribution is 2.22. The highest BCUT2D eigenvalue weighted by Gasteiger charge is 2.04. The molecule has 1 N–H and O–H groups in total. The quantitative estimate of drug-likeness (QED) is 0.467. The van der Waals surface area contributed by atoms with E-state index in [4.69, 9.17) is 4.42 Å². The molecule has 2 heterocycles. The Morgan fingerprint density at radius 3 is 2.58 bits per heavy atom. The molecule has 0 radical (unpaired) electrons. The lowest BCUT2D eigenvalue weighted by Gasteiger charge is -2.04. The third-order valence-electron chi connectivity index (χ3n) is 3.42. The number of halogens is 3. The standard InChI is InChI=1S/C17H18FN3O.2ClH/c18-15-4-2-14(3-5-15)17-7-6-16(22-17)12-19-8-1-10-21-11-9-20-13-21;;/h2-7,9,11,13,19H,1,8,10,12H2;2*1H/p-2. The number of imidazole rings is 1. The summed E-state index contributed by atoms with van der Waals surface area (Å²) in [4.78, 5) is 4.01. The second kappa shape index (κ2) is 10.1. The van der Waals surface area contributed by atoms with Crippen LogP contribution in [0.2, 0.25) is 0 Å². The summed E-state index contributed by atoms with van der Waals surface area (Å²) >= 11 is 0. The molecule has 1 aromatic carbocycles. The minimum Gasteiger partial charge on any atom is -1.00 e. The van der Waals surface area contributed by atoms with Crippen LogP contribution in [0.15, 0.2) is 59.5 Å². The molecule has 2 aromatic heterocycles. The number of hydrogen-bond acceptors (Lipinski definition) is 3. The summed E-state index contributed by atoms with van der Waals surface area (Å²) in [6.07, 6.45) is 6.60. The number of aryl methyl sites for hydroxylation is 1. The van der Waals surface area contributed by atoms with Crippen LogP contribution in [0.5, 0.6) is 0 Å². The summed E-state index contributed by atoms with van der Waals surface area (Å²) in [6, 6.07) is 10.2. The lowest BCUT2D eigenvalue weighted by Crippen LogP contribution is -3.00. The Kier molecular flexibility index (Phi) is 8.54. The Hall–Kier alpha value is -1.82. The van der Waals surface area contributed by atoms with Crippen molar-refractivity contribution in [2.24, 2.45) is 0 Å². The molecule has 0 amide bonds. The van der Waals surface area contributed by atoms with Gasteiger partial charge in [0.15, 0.2) is 0 Å². The average molecular weight is 370 g/mol. The highest BCUT2D eigenvalue weighted by atomic mass is 35.5. The maximum atomic E-state index is 12.9. The zero-order chi connectivity index (χ0) is 15.2. The Bertz CT molecular complexity index is 699. The molecule has 0 aliphatic carbocycles. The number of benzene rings is 1. The average Bonchev–Trinajstić information content (AvgIpc) is 3.19. The summed E-state index contributed by atoms with van der Waals surface area (Å²) in [7, 11) is 0. The van der Waals surface area contributed by atoms with Gasteiger partial charge < -0.3 is 39.1 Å². The fourth-order valence-corrected chi connectivity index (χ4v) is 2.26. The fourth-order valence-electron chi connectivity index (χ4n) is 2.26. The van der Waals surface area contributed by atoms with Crippen LogP contribution in [-0.4, -0.2) is 16.1 Å². The van der Waals surface area contributed by atoms with Crippen LogP contribution in [0.3, 0.4) is 0 Å². The molecule has 0 unspecified atom stereocenters. The summed E-state index contributed by atoms with van der Waals surface area (Å²) in [5.74, 6) is 1.40. The molecular weight excluding hydrogens is 352 g/mol. The number of hydrogen-bond donors (Lipinski definition) is 1. The lowest BCUT2D eigenvalue weighted by atomic mass is 10.2. The Labute approximate surface area is 152 Å². The molecule has 0 saturated carbocycles. The van der Waals surface area contributed by atoms with Crippen molar-refractivity contribution >= 4 is 0 Å². The molecule has 0 aliphatic rings. The van der Waals surface area contributed by atoms with Crippen molar-refractivity contribution in [3.05, 3.63) is 66.7 Å². The van der Waals surface area contributed by atoms with E-state index >= 15 is 0 Å². The van der Waals surface area contributed by atoms with Gasteiger partial charge in [-0.2, -0.15) is 0 Å². The monoisotopic (exact) mass is 369 g/mol. The Morgan fingerprint density at radius 2 is 1.88 bits per heavy atom. The van der Waals surface area contributed by atoms with Crippen molar-refractivity contribution in [2.45, 2.75) is 19.5 Å². The van der Waals surface area contributed by atoms with E-state index in [0.29, 0.717) is 6.54 Å². The van der Waals surface area contributed by atoms with Gasteiger partial charge in [-0.3, -0.25) is 0 Å². The van der Waals surface area contributed by atoms with Crippen LogP contribution in [0, 0.1) is 5.82 Å². The van der Waals surface area contributed by atoms with E-state index in [1.807, 2.05) is 24.7 Å². The van der Waals surface area contributed by atoms with Gasteiger partial charge in [-0.1, -0.05) is 0 Å². The summed E-state index contributed by atoms with van der Waals surface area (Å²) in [6.45, 7) is 2.54. The zero-order valence-electron chi connectivity index (χ0n) is 13.0. The minimum absolute atomic E-state index is 0. The summed E-state index contributed by atoms with van der Waals surface area (Å²) in [5, 5.41) is 3.35. The molecule has 0 bridgehead atoms. The Morgan fingerprint density at radius 1 is 1.08 bits per heavy atom. The van der Waals surface area contributed by atoms with E-state index in [1.165, 1.54) is 12.1 Å². The predicted octanol–water partition coefficient (Wildman–Crippen LogP) is -2.53. The second-order valence-electron chi connectivity index (χ2n) is 5.10. The summed E-state index contributed by atoms with van der Waals surface area (Å²) < 4.78 is 20.7. The first kappa shape index (κ1) is 20.2. The zero-order valence-corrected chi connectivity index (χ0v) is 14.5. The maximum Gasteiger partial charge on any atom is 0.134 e. The molecule has 0 aliphatic heterocycles. The van der Waals surface area contributed by atoms with Crippen LogP contribution in [0.25, 0.3) is 11.3 Å². The van der Waals surface area contributed by atoms with Crippen LogP contribution < -0.4 is 30.1 Å². The number of aromatic nitrogens is 2. The van der Waals surface area contributed by atoms with E-state index in [9.17, 15) is 4.39 Å². The molecule has 24 heavy (non-hydrogen) atoms. The van der Waals surface area contributed by atoms with Gasteiger partial charge in [-0.25, -0.2) is 9.37 Å². The molecule has 7 heteroatoms. The van der Waals surface area contributed by atoms with Gasteiger partial charge in [0.25, 0.3) is 0 Å². The molecule has 3 aromatic rings. The van der Waals surface area contributed by atoms with E-state index in [0.717, 1.165) is 36.6 Å². The van der Waals surface area contributed by atoms with E-state index in [2.05, 4.69) is 14.9 Å². The van der Waals surface area contributed by atoms with Gasteiger partial charge in [0.1, 0.15) is 17.3 Å². The number of rotatable bonds is 7. The van der Waals surface area contributed by atoms with Crippen molar-refractivity contribution in [3.8, 4) is 11.3 Å². The van der Waals surface area contributed by atoms with Crippen molar-refractivity contribution < 1.29 is 33.6 Å². The molecule has 0 atom stereocenters. The molecule has 3 rings (SSSR count). The third-order valence-corrected chi connectivity index (χ3v) is 3.42. The maximum absolute atomic E-state index is 12.9. The van der Waals surface area contributed by atoms with Gasteiger partial charge in [0, 0.05) is 24.5 Å². The number of nitrogens with zero attached hydrogens (tertiary/aromatic N) is 2. The van der Waals surface area contributed by atoms with Crippen molar-refractivity contribution in [3.63, 3.8) is 0 Å². The molecular formula is C17H18Cl2FN3O-2. The molecule has 0 spiro atoms. The molecule has 0 fully saturated rings. The first-order valence-corrected chi connectivity index (χ1v) is 7.32. The van der Waals surface area contributed by atoms with Gasteiger partial charge in [-0.05, 0) is 49.4 Å². The normalized spacial score (nSPS) is 10.0. The summed E-state index contributed by atoms with van der Waals surface area (Å²) in [5.41, 5.74) is 0.882. The fraction of sp³-hybridized carbons (Fsp3) is 0.235. The SMILES string of the molecule is Fc1ccc(-c2ccc(CNCCCn3ccnc3)o2)cc1.[Cl-].[Cl-]. The minimum atomic E-state index is -0.241. The van der Waals surface area contributed by atoms with Gasteiger partial charge >= 0.3 is 0 Å². The third kappa shape index (κ3) is 5.67. The predicted molar refractivity (Wildman–Crippen MR) is 82.7 cm³/mol. The first-order chi connectivity index (χ1) is 10.8. The van der Waals surface area contributed by atoms with Gasteiger partial charge in [-0.15, -0.1) is 0 Å².